The lowest BCUT2D eigenvalue weighted by Crippen LogP contribution is -2.08. The molecule has 0 atom stereocenters. The van der Waals surface area contributed by atoms with E-state index in [2.05, 4.69) is 0 Å². The molecule has 3 rings (SSSR count). The van der Waals surface area contributed by atoms with Crippen LogP contribution >= 0.6 is 11.6 Å². The highest BCUT2D eigenvalue weighted by atomic mass is 35.5. The molecule has 4 nitrogen and oxygen atoms in total. The van der Waals surface area contributed by atoms with Gasteiger partial charge >= 0.3 is 0 Å². The van der Waals surface area contributed by atoms with E-state index in [1.165, 1.54) is 19.2 Å². The zero-order valence-electron chi connectivity index (χ0n) is 12.0. The molecule has 0 radical (unpaired) electrons. The van der Waals surface area contributed by atoms with Crippen molar-refractivity contribution in [3.05, 3.63) is 57.2 Å². The highest BCUT2D eigenvalue weighted by Gasteiger charge is 2.18. The van der Waals surface area contributed by atoms with Crippen LogP contribution in [0.3, 0.4) is 0 Å². The number of fused-ring (bicyclic) bond motifs is 1. The quantitative estimate of drug-likeness (QED) is 0.772. The molecular weight excluding hydrogens is 304 g/mol. The number of phenols is 1. The lowest BCUT2D eigenvalue weighted by molar-refractivity contribution is 0.398. The van der Waals surface area contributed by atoms with Gasteiger partial charge in [-0.3, -0.25) is 4.79 Å². The number of benzene rings is 2. The molecule has 0 saturated heterocycles. The molecule has 0 unspecified atom stereocenters. The van der Waals surface area contributed by atoms with E-state index in [4.69, 9.17) is 20.8 Å². The Kier molecular flexibility index (Phi) is 3.54. The molecule has 5 heteroatoms. The first kappa shape index (κ1) is 14.5. The normalized spacial score (nSPS) is 10.9. The SMILES string of the molecule is COc1c(-c2ccc(O)cc2)oc2c(C)cc(Cl)cc2c1=O. The molecule has 22 heavy (non-hydrogen) atoms. The van der Waals surface area contributed by atoms with Crippen LogP contribution in [0, 0.1) is 6.92 Å². The lowest BCUT2D eigenvalue weighted by atomic mass is 10.1. The van der Waals surface area contributed by atoms with Crippen molar-refractivity contribution >= 4 is 22.6 Å². The van der Waals surface area contributed by atoms with E-state index in [1.807, 2.05) is 6.92 Å². The van der Waals surface area contributed by atoms with Gasteiger partial charge in [-0.25, -0.2) is 0 Å². The minimum atomic E-state index is -0.280. The molecule has 1 N–H and O–H groups in total. The van der Waals surface area contributed by atoms with Gasteiger partial charge in [0.25, 0.3) is 0 Å². The number of methoxy groups -OCH3 is 1. The Morgan fingerprint density at radius 3 is 2.50 bits per heavy atom. The highest BCUT2D eigenvalue weighted by Crippen LogP contribution is 2.33. The van der Waals surface area contributed by atoms with Crippen molar-refractivity contribution < 1.29 is 14.3 Å². The third kappa shape index (κ3) is 2.31. The smallest absolute Gasteiger partial charge is 0.235 e. The van der Waals surface area contributed by atoms with Crippen LogP contribution in [0.25, 0.3) is 22.3 Å². The van der Waals surface area contributed by atoms with Gasteiger partial charge < -0.3 is 14.3 Å². The summed E-state index contributed by atoms with van der Waals surface area (Å²) in [6, 6.07) is 9.67. The van der Waals surface area contributed by atoms with Crippen LogP contribution in [0.5, 0.6) is 11.5 Å². The molecular formula is C17H13ClO4. The van der Waals surface area contributed by atoms with Crippen LogP contribution in [-0.2, 0) is 0 Å². The summed E-state index contributed by atoms with van der Waals surface area (Å²) in [7, 11) is 1.42. The van der Waals surface area contributed by atoms with Crippen molar-refractivity contribution in [3.63, 3.8) is 0 Å². The van der Waals surface area contributed by atoms with Gasteiger partial charge in [0.1, 0.15) is 11.3 Å². The molecule has 0 aliphatic heterocycles. The summed E-state index contributed by atoms with van der Waals surface area (Å²) < 4.78 is 11.1. The van der Waals surface area contributed by atoms with Gasteiger partial charge in [0.15, 0.2) is 5.76 Å². The number of phenolic OH excluding ortho intramolecular Hbond substituents is 1. The van der Waals surface area contributed by atoms with Crippen LogP contribution < -0.4 is 10.2 Å². The molecule has 0 bridgehead atoms. The summed E-state index contributed by atoms with van der Waals surface area (Å²) in [5.74, 6) is 0.569. The van der Waals surface area contributed by atoms with Crippen molar-refractivity contribution in [1.82, 2.24) is 0 Å². The second-order valence-electron chi connectivity index (χ2n) is 4.94. The van der Waals surface area contributed by atoms with Gasteiger partial charge in [-0.15, -0.1) is 0 Å². The third-order valence-corrected chi connectivity index (χ3v) is 3.65. The van der Waals surface area contributed by atoms with Crippen molar-refractivity contribution in [2.75, 3.05) is 7.11 Å². The summed E-state index contributed by atoms with van der Waals surface area (Å²) >= 11 is 6.02. The molecule has 2 aromatic carbocycles. The van der Waals surface area contributed by atoms with Crippen LogP contribution in [0.4, 0.5) is 0 Å². The van der Waals surface area contributed by atoms with Crippen molar-refractivity contribution in [1.29, 1.82) is 0 Å². The number of hydrogen-bond donors (Lipinski definition) is 1. The van der Waals surface area contributed by atoms with Gasteiger partial charge in [-0.2, -0.15) is 0 Å². The first-order valence-corrected chi connectivity index (χ1v) is 6.99. The van der Waals surface area contributed by atoms with Gasteiger partial charge in [-0.1, -0.05) is 11.6 Å². The second-order valence-corrected chi connectivity index (χ2v) is 5.38. The summed E-state index contributed by atoms with van der Waals surface area (Å²) in [5, 5.41) is 10.2. The molecule has 0 fully saturated rings. The maximum Gasteiger partial charge on any atom is 0.235 e. The summed E-state index contributed by atoms with van der Waals surface area (Å²) in [5.41, 5.74) is 1.60. The maximum atomic E-state index is 12.6. The highest BCUT2D eigenvalue weighted by molar-refractivity contribution is 6.31. The molecule has 0 amide bonds. The minimum Gasteiger partial charge on any atom is -0.508 e. The summed E-state index contributed by atoms with van der Waals surface area (Å²) in [6.07, 6.45) is 0. The van der Waals surface area contributed by atoms with Gasteiger partial charge in [0, 0.05) is 10.6 Å². The van der Waals surface area contributed by atoms with E-state index in [0.29, 0.717) is 27.3 Å². The standard InChI is InChI=1S/C17H13ClO4/c1-9-7-11(18)8-13-14(20)17(21-2)16(22-15(9)13)10-3-5-12(19)6-4-10/h3-8,19H,1-2H3. The van der Waals surface area contributed by atoms with E-state index in [1.54, 1.807) is 24.3 Å². The fourth-order valence-corrected chi connectivity index (χ4v) is 2.67. The average Bonchev–Trinajstić information content (AvgIpc) is 2.49. The van der Waals surface area contributed by atoms with Gasteiger partial charge in [0.05, 0.1) is 12.5 Å². The van der Waals surface area contributed by atoms with E-state index in [-0.39, 0.29) is 16.9 Å². The van der Waals surface area contributed by atoms with Crippen LogP contribution in [0.15, 0.2) is 45.6 Å². The molecule has 1 heterocycles. The molecule has 0 aliphatic rings. The molecule has 0 saturated carbocycles. The number of rotatable bonds is 2. The Labute approximate surface area is 131 Å². The van der Waals surface area contributed by atoms with Gasteiger partial charge in [0.2, 0.25) is 11.2 Å². The predicted molar refractivity (Wildman–Crippen MR) is 85.9 cm³/mol. The Hall–Kier alpha value is -2.46. The largest absolute Gasteiger partial charge is 0.508 e. The number of ether oxygens (including phenoxy) is 1. The number of halogens is 1. The molecule has 112 valence electrons. The fourth-order valence-electron chi connectivity index (χ4n) is 2.40. The zero-order valence-corrected chi connectivity index (χ0v) is 12.8. The molecule has 0 aliphatic carbocycles. The number of aromatic hydroxyl groups is 1. The van der Waals surface area contributed by atoms with E-state index < -0.39 is 0 Å². The van der Waals surface area contributed by atoms with E-state index >= 15 is 0 Å². The zero-order chi connectivity index (χ0) is 15.9. The minimum absolute atomic E-state index is 0.111. The van der Waals surface area contributed by atoms with Crippen LogP contribution in [0.1, 0.15) is 5.56 Å². The average molecular weight is 317 g/mol. The van der Waals surface area contributed by atoms with Gasteiger partial charge in [-0.05, 0) is 48.9 Å². The van der Waals surface area contributed by atoms with Crippen molar-refractivity contribution in [2.24, 2.45) is 0 Å². The Bertz CT molecular complexity index is 911. The third-order valence-electron chi connectivity index (χ3n) is 3.43. The maximum absolute atomic E-state index is 12.6. The first-order valence-electron chi connectivity index (χ1n) is 6.61. The number of hydrogen-bond acceptors (Lipinski definition) is 4. The number of aryl methyl sites for hydroxylation is 1. The monoisotopic (exact) mass is 316 g/mol. The molecule has 3 aromatic rings. The molecule has 0 spiro atoms. The topological polar surface area (TPSA) is 59.7 Å². The summed E-state index contributed by atoms with van der Waals surface area (Å²) in [6.45, 7) is 1.82. The Morgan fingerprint density at radius 1 is 1.18 bits per heavy atom. The fraction of sp³-hybridized carbons (Fsp3) is 0.118. The Morgan fingerprint density at radius 2 is 1.86 bits per heavy atom. The summed E-state index contributed by atoms with van der Waals surface area (Å²) in [4.78, 5) is 12.6. The van der Waals surface area contributed by atoms with E-state index in [0.717, 1.165) is 5.56 Å². The van der Waals surface area contributed by atoms with Crippen LogP contribution in [-0.4, -0.2) is 12.2 Å². The predicted octanol–water partition coefficient (Wildman–Crippen LogP) is 4.14. The van der Waals surface area contributed by atoms with E-state index in [9.17, 15) is 9.90 Å². The second kappa shape index (κ2) is 5.39. The molecule has 1 aromatic heterocycles. The van der Waals surface area contributed by atoms with Crippen LogP contribution in [0.2, 0.25) is 5.02 Å². The Balaban J connectivity index is 2.40. The lowest BCUT2D eigenvalue weighted by Gasteiger charge is -2.10. The van der Waals surface area contributed by atoms with Crippen molar-refractivity contribution in [3.8, 4) is 22.8 Å². The first-order chi connectivity index (χ1) is 10.5. The van der Waals surface area contributed by atoms with Crippen molar-refractivity contribution in [2.45, 2.75) is 6.92 Å².